The Hall–Kier alpha value is -2.77. The second kappa shape index (κ2) is 10.5. The highest BCUT2D eigenvalue weighted by Crippen LogP contribution is 2.30. The Morgan fingerprint density at radius 1 is 1.21 bits per heavy atom. The van der Waals surface area contributed by atoms with Crippen LogP contribution in [-0.2, 0) is 19.5 Å². The third kappa shape index (κ3) is 5.37. The maximum Gasteiger partial charge on any atom is 0.194 e. The highest BCUT2D eigenvalue weighted by atomic mass is 16.5. The second-order valence-corrected chi connectivity index (χ2v) is 6.52. The summed E-state index contributed by atoms with van der Waals surface area (Å²) in [5, 5.41) is 11.5. The quantitative estimate of drug-likeness (QED) is 0.525. The van der Waals surface area contributed by atoms with Crippen molar-refractivity contribution >= 4 is 5.96 Å². The predicted molar refractivity (Wildman–Crippen MR) is 111 cm³/mol. The van der Waals surface area contributed by atoms with E-state index >= 15 is 0 Å². The second-order valence-electron chi connectivity index (χ2n) is 6.52. The van der Waals surface area contributed by atoms with Crippen LogP contribution in [0.2, 0.25) is 0 Å². The molecule has 8 nitrogen and oxygen atoms in total. The van der Waals surface area contributed by atoms with Gasteiger partial charge in [0.2, 0.25) is 0 Å². The average Bonchev–Trinajstić information content (AvgIpc) is 3.15. The summed E-state index contributed by atoms with van der Waals surface area (Å²) in [5.74, 6) is 3.32. The Morgan fingerprint density at radius 3 is 2.57 bits per heavy atom. The summed E-state index contributed by atoms with van der Waals surface area (Å²) in [5.41, 5.74) is 2.32. The summed E-state index contributed by atoms with van der Waals surface area (Å²) >= 11 is 0. The van der Waals surface area contributed by atoms with Crippen molar-refractivity contribution in [2.75, 3.05) is 34.4 Å². The van der Waals surface area contributed by atoms with Crippen LogP contribution in [0.4, 0.5) is 0 Å². The van der Waals surface area contributed by atoms with Crippen LogP contribution in [0.15, 0.2) is 23.5 Å². The van der Waals surface area contributed by atoms with Gasteiger partial charge in [0.15, 0.2) is 17.5 Å². The van der Waals surface area contributed by atoms with Crippen molar-refractivity contribution in [3.05, 3.63) is 35.4 Å². The van der Waals surface area contributed by atoms with E-state index in [1.165, 1.54) is 0 Å². The van der Waals surface area contributed by atoms with Crippen LogP contribution in [0.1, 0.15) is 30.8 Å². The number of nitrogens with one attached hydrogen (secondary N) is 1. The van der Waals surface area contributed by atoms with E-state index in [2.05, 4.69) is 41.2 Å². The molecule has 0 amide bonds. The van der Waals surface area contributed by atoms with E-state index in [1.807, 2.05) is 23.7 Å². The van der Waals surface area contributed by atoms with Gasteiger partial charge in [0.05, 0.1) is 20.8 Å². The predicted octanol–water partition coefficient (Wildman–Crippen LogP) is 2.26. The van der Waals surface area contributed by atoms with Crippen molar-refractivity contribution in [2.45, 2.75) is 40.3 Å². The van der Waals surface area contributed by atoms with Crippen molar-refractivity contribution in [3.63, 3.8) is 0 Å². The van der Waals surface area contributed by atoms with Gasteiger partial charge in [-0.1, -0.05) is 6.92 Å². The number of hydrogen-bond donors (Lipinski definition) is 1. The lowest BCUT2D eigenvalue weighted by molar-refractivity contribution is 0.353. The number of aromatic nitrogens is 3. The maximum absolute atomic E-state index is 5.45. The minimum absolute atomic E-state index is 0.655. The molecule has 0 saturated carbocycles. The molecule has 0 unspecified atom stereocenters. The fourth-order valence-corrected chi connectivity index (χ4v) is 3.00. The van der Waals surface area contributed by atoms with E-state index in [4.69, 9.17) is 14.5 Å². The first-order chi connectivity index (χ1) is 13.5. The molecule has 1 heterocycles. The molecule has 2 aromatic rings. The number of rotatable bonds is 9. The standard InChI is InChI=1S/C20H32N6O2/c1-7-19-24-23-14-26(19)10-9-22-20(21-8-2)25(4)13-16-12-18(28-6)17(27-5)11-15(16)3/h11-12,14H,7-10,13H2,1-6H3,(H,21,22). The number of ether oxygens (including phenoxy) is 2. The molecule has 0 spiro atoms. The Balaban J connectivity index is 2.10. The summed E-state index contributed by atoms with van der Waals surface area (Å²) in [4.78, 5) is 6.88. The minimum atomic E-state index is 0.655. The summed E-state index contributed by atoms with van der Waals surface area (Å²) < 4.78 is 12.9. The fourth-order valence-electron chi connectivity index (χ4n) is 3.00. The Kier molecular flexibility index (Phi) is 8.10. The van der Waals surface area contributed by atoms with Gasteiger partial charge in [-0.25, -0.2) is 0 Å². The third-order valence-electron chi connectivity index (χ3n) is 4.56. The zero-order valence-electron chi connectivity index (χ0n) is 17.8. The topological polar surface area (TPSA) is 76.8 Å². The van der Waals surface area contributed by atoms with Crippen LogP contribution in [-0.4, -0.2) is 60.0 Å². The van der Waals surface area contributed by atoms with Gasteiger partial charge >= 0.3 is 0 Å². The normalized spacial score (nSPS) is 11.4. The lowest BCUT2D eigenvalue weighted by Crippen LogP contribution is -2.38. The molecule has 28 heavy (non-hydrogen) atoms. The summed E-state index contributed by atoms with van der Waals surface area (Å²) in [6.45, 7) is 9.16. The molecule has 0 bridgehead atoms. The maximum atomic E-state index is 5.45. The van der Waals surface area contributed by atoms with Crippen molar-refractivity contribution in [3.8, 4) is 11.5 Å². The van der Waals surface area contributed by atoms with Gasteiger partial charge in [-0.05, 0) is 37.1 Å². The number of nitrogens with zero attached hydrogens (tertiary/aromatic N) is 5. The SMILES string of the molecule is CCNC(=NCCn1cnnc1CC)N(C)Cc1cc(OC)c(OC)cc1C. The number of aliphatic imine (C=N–C) groups is 1. The van der Waals surface area contributed by atoms with Crippen molar-refractivity contribution in [2.24, 2.45) is 4.99 Å². The zero-order valence-corrected chi connectivity index (χ0v) is 17.8. The average molecular weight is 389 g/mol. The Labute approximate surface area is 167 Å². The molecule has 0 aliphatic carbocycles. The molecule has 0 atom stereocenters. The van der Waals surface area contributed by atoms with Crippen LogP contribution in [0, 0.1) is 6.92 Å². The van der Waals surface area contributed by atoms with Crippen LogP contribution < -0.4 is 14.8 Å². The summed E-state index contributed by atoms with van der Waals surface area (Å²) in [7, 11) is 5.34. The minimum Gasteiger partial charge on any atom is -0.493 e. The summed E-state index contributed by atoms with van der Waals surface area (Å²) in [6.07, 6.45) is 2.63. The monoisotopic (exact) mass is 388 g/mol. The molecule has 0 aliphatic heterocycles. The van der Waals surface area contributed by atoms with Gasteiger partial charge < -0.3 is 24.3 Å². The molecule has 0 radical (unpaired) electrons. The van der Waals surface area contributed by atoms with Crippen molar-refractivity contribution in [1.29, 1.82) is 0 Å². The van der Waals surface area contributed by atoms with Gasteiger partial charge in [0.1, 0.15) is 12.2 Å². The van der Waals surface area contributed by atoms with Crippen molar-refractivity contribution in [1.82, 2.24) is 25.0 Å². The molecule has 1 aromatic heterocycles. The molecule has 2 rings (SSSR count). The largest absolute Gasteiger partial charge is 0.493 e. The van der Waals surface area contributed by atoms with E-state index in [1.54, 1.807) is 20.5 Å². The molecule has 0 saturated heterocycles. The molecular formula is C20H32N6O2. The molecule has 1 aromatic carbocycles. The van der Waals surface area contributed by atoms with Crippen LogP contribution in [0.25, 0.3) is 0 Å². The highest BCUT2D eigenvalue weighted by molar-refractivity contribution is 5.79. The van der Waals surface area contributed by atoms with Gasteiger partial charge in [-0.3, -0.25) is 4.99 Å². The lowest BCUT2D eigenvalue weighted by atomic mass is 10.1. The van der Waals surface area contributed by atoms with Crippen molar-refractivity contribution < 1.29 is 9.47 Å². The van der Waals surface area contributed by atoms with Gasteiger partial charge in [0.25, 0.3) is 0 Å². The number of benzene rings is 1. The number of aryl methyl sites for hydroxylation is 2. The first-order valence-corrected chi connectivity index (χ1v) is 9.61. The number of methoxy groups -OCH3 is 2. The van der Waals surface area contributed by atoms with Crippen LogP contribution in [0.5, 0.6) is 11.5 Å². The van der Waals surface area contributed by atoms with Crippen LogP contribution >= 0.6 is 0 Å². The van der Waals surface area contributed by atoms with Gasteiger partial charge in [-0.2, -0.15) is 0 Å². The molecular weight excluding hydrogens is 356 g/mol. The molecule has 8 heteroatoms. The van der Waals surface area contributed by atoms with E-state index in [9.17, 15) is 0 Å². The molecule has 0 fully saturated rings. The van der Waals surface area contributed by atoms with Crippen LogP contribution in [0.3, 0.4) is 0 Å². The molecule has 0 aliphatic rings. The Bertz CT molecular complexity index is 787. The Morgan fingerprint density at radius 2 is 1.93 bits per heavy atom. The highest BCUT2D eigenvalue weighted by Gasteiger charge is 2.12. The number of guanidine groups is 1. The smallest absolute Gasteiger partial charge is 0.194 e. The first-order valence-electron chi connectivity index (χ1n) is 9.61. The third-order valence-corrected chi connectivity index (χ3v) is 4.56. The molecule has 1 N–H and O–H groups in total. The van der Waals surface area contributed by atoms with E-state index < -0.39 is 0 Å². The van der Waals surface area contributed by atoms with E-state index in [0.717, 1.165) is 53.9 Å². The van der Waals surface area contributed by atoms with E-state index in [0.29, 0.717) is 13.1 Å². The zero-order chi connectivity index (χ0) is 20.5. The first kappa shape index (κ1) is 21.5. The van der Waals surface area contributed by atoms with E-state index in [-0.39, 0.29) is 0 Å². The summed E-state index contributed by atoms with van der Waals surface area (Å²) in [6, 6.07) is 4.03. The van der Waals surface area contributed by atoms with Gasteiger partial charge in [0, 0.05) is 33.1 Å². The number of hydrogen-bond acceptors (Lipinski definition) is 5. The lowest BCUT2D eigenvalue weighted by Gasteiger charge is -2.23. The molecule has 154 valence electrons. The van der Waals surface area contributed by atoms with Gasteiger partial charge in [-0.15, -0.1) is 10.2 Å². The fraction of sp³-hybridized carbons (Fsp3) is 0.550.